The van der Waals surface area contributed by atoms with Crippen molar-refractivity contribution >= 4 is 39.1 Å². The van der Waals surface area contributed by atoms with Gasteiger partial charge in [-0.05, 0) is 96.2 Å². The summed E-state index contributed by atoms with van der Waals surface area (Å²) in [7, 11) is 0. The third-order valence-corrected chi connectivity index (χ3v) is 10.8. The topological polar surface area (TPSA) is 41.4 Å². The van der Waals surface area contributed by atoms with Crippen molar-refractivity contribution < 1.29 is 0 Å². The molecule has 5 heteroatoms. The second-order valence-electron chi connectivity index (χ2n) is 11.9. The van der Waals surface area contributed by atoms with E-state index in [-0.39, 0.29) is 0 Å². The molecule has 2 fully saturated rings. The van der Waals surface area contributed by atoms with E-state index >= 15 is 0 Å². The molecule has 4 nitrogen and oxygen atoms in total. The van der Waals surface area contributed by atoms with E-state index in [9.17, 15) is 0 Å². The minimum Gasteiger partial charge on any atom is -0.341 e. The third kappa shape index (κ3) is 4.07. The molecule has 0 bridgehead atoms. The number of allylic oxidation sites excluding steroid dienone is 4. The van der Waals surface area contributed by atoms with Gasteiger partial charge in [0.1, 0.15) is 0 Å². The van der Waals surface area contributed by atoms with Crippen LogP contribution < -0.4 is 4.90 Å². The van der Waals surface area contributed by atoms with Crippen LogP contribution in [0, 0.1) is 11.8 Å². The summed E-state index contributed by atoms with van der Waals surface area (Å²) >= 11 is 1.90. The fourth-order valence-electron chi connectivity index (χ4n) is 7.58. The first-order valence-electron chi connectivity index (χ1n) is 15.1. The SMILES string of the molecule is C1=CC2=C(CC1)C(C1CCC1)Cc1c2ccc2c(C3=NCCS3)c(-c3cnc(N4CCCCC4)nc3)ccc12. The normalized spacial score (nSPS) is 23.0. The van der Waals surface area contributed by atoms with Crippen LogP contribution in [0.5, 0.6) is 0 Å². The molecule has 3 aliphatic carbocycles. The lowest BCUT2D eigenvalue weighted by molar-refractivity contribution is 0.227. The summed E-state index contributed by atoms with van der Waals surface area (Å²) in [5.74, 6) is 3.52. The molecule has 0 spiro atoms. The van der Waals surface area contributed by atoms with Crippen molar-refractivity contribution in [3.05, 3.63) is 71.1 Å². The first kappa shape index (κ1) is 23.9. The summed E-state index contributed by atoms with van der Waals surface area (Å²) in [6.07, 6.45) is 20.5. The van der Waals surface area contributed by atoms with E-state index in [4.69, 9.17) is 15.0 Å². The second-order valence-corrected chi connectivity index (χ2v) is 13.0. The molecule has 39 heavy (non-hydrogen) atoms. The quantitative estimate of drug-likeness (QED) is 0.343. The van der Waals surface area contributed by atoms with Crippen molar-refractivity contribution in [2.45, 2.75) is 57.8 Å². The monoisotopic (exact) mass is 532 g/mol. The van der Waals surface area contributed by atoms with E-state index in [1.165, 1.54) is 95.9 Å². The van der Waals surface area contributed by atoms with Gasteiger partial charge in [0, 0.05) is 48.9 Å². The zero-order chi connectivity index (χ0) is 25.8. The molecule has 0 radical (unpaired) electrons. The molecule has 1 saturated carbocycles. The number of thioether (sulfide) groups is 1. The number of hydrogen-bond donors (Lipinski definition) is 0. The summed E-state index contributed by atoms with van der Waals surface area (Å²) in [6.45, 7) is 3.03. The van der Waals surface area contributed by atoms with Crippen LogP contribution in [0.3, 0.4) is 0 Å². The first-order chi connectivity index (χ1) is 19.3. The van der Waals surface area contributed by atoms with Gasteiger partial charge in [-0.2, -0.15) is 0 Å². The molecule has 8 rings (SSSR count). The van der Waals surface area contributed by atoms with E-state index in [1.54, 1.807) is 11.1 Å². The minimum absolute atomic E-state index is 0.717. The summed E-state index contributed by atoms with van der Waals surface area (Å²) < 4.78 is 0. The van der Waals surface area contributed by atoms with Gasteiger partial charge in [-0.1, -0.05) is 48.4 Å². The van der Waals surface area contributed by atoms with Crippen LogP contribution in [0.25, 0.3) is 27.5 Å². The standard InChI is InChI=1S/C34H36N4S/c1-4-16-38(17-5-1)34-36-20-23(21-37-34)24-11-12-28-29(32(24)33-35-15-18-39-33)14-13-27-25-9-2-3-10-26(25)30(19-31(27)28)22-7-6-8-22/h2,9,11-14,20-22,30H,1,3-8,10,15-19H2. The van der Waals surface area contributed by atoms with Crippen LogP contribution in [-0.4, -0.2) is 40.4 Å². The average molecular weight is 533 g/mol. The number of piperidine rings is 1. The van der Waals surface area contributed by atoms with E-state index < -0.39 is 0 Å². The molecule has 5 aliphatic rings. The molecule has 198 valence electrons. The van der Waals surface area contributed by atoms with Crippen molar-refractivity contribution in [3.63, 3.8) is 0 Å². The van der Waals surface area contributed by atoms with Gasteiger partial charge in [0.15, 0.2) is 0 Å². The first-order valence-corrected chi connectivity index (χ1v) is 16.1. The molecule has 1 atom stereocenters. The lowest BCUT2D eigenvalue weighted by Crippen LogP contribution is -2.30. The summed E-state index contributed by atoms with van der Waals surface area (Å²) in [5, 5.41) is 3.94. The van der Waals surface area contributed by atoms with Gasteiger partial charge in [0.2, 0.25) is 5.95 Å². The Morgan fingerprint density at radius 1 is 0.872 bits per heavy atom. The number of fused-ring (bicyclic) bond motifs is 4. The highest BCUT2D eigenvalue weighted by atomic mass is 32.2. The van der Waals surface area contributed by atoms with E-state index in [0.29, 0.717) is 5.92 Å². The maximum Gasteiger partial charge on any atom is 0.225 e. The van der Waals surface area contributed by atoms with Gasteiger partial charge < -0.3 is 4.90 Å². The van der Waals surface area contributed by atoms with Crippen LogP contribution in [0.1, 0.15) is 68.1 Å². The van der Waals surface area contributed by atoms with Crippen molar-refractivity contribution in [3.8, 4) is 11.1 Å². The van der Waals surface area contributed by atoms with Crippen LogP contribution >= 0.6 is 11.8 Å². The van der Waals surface area contributed by atoms with E-state index in [0.717, 1.165) is 42.8 Å². The van der Waals surface area contributed by atoms with Gasteiger partial charge in [-0.3, -0.25) is 4.99 Å². The average Bonchev–Trinajstić information content (AvgIpc) is 3.51. The highest BCUT2D eigenvalue weighted by Gasteiger charge is 2.36. The molecule has 0 amide bonds. The van der Waals surface area contributed by atoms with Gasteiger partial charge in [0.25, 0.3) is 0 Å². The summed E-state index contributed by atoms with van der Waals surface area (Å²) in [6, 6.07) is 9.52. The van der Waals surface area contributed by atoms with Crippen molar-refractivity contribution in [1.29, 1.82) is 0 Å². The fraction of sp³-hybridized carbons (Fsp3) is 0.441. The zero-order valence-electron chi connectivity index (χ0n) is 22.7. The van der Waals surface area contributed by atoms with Crippen LogP contribution in [0.15, 0.2) is 59.4 Å². The number of aliphatic imine (C=N–C) groups is 1. The van der Waals surface area contributed by atoms with E-state index in [1.807, 2.05) is 24.2 Å². The lowest BCUT2D eigenvalue weighted by Gasteiger charge is -2.41. The lowest BCUT2D eigenvalue weighted by atomic mass is 9.64. The highest BCUT2D eigenvalue weighted by Crippen LogP contribution is 2.50. The van der Waals surface area contributed by atoms with Crippen molar-refractivity contribution in [2.75, 3.05) is 30.3 Å². The zero-order valence-corrected chi connectivity index (χ0v) is 23.5. The molecule has 1 saturated heterocycles. The Kier molecular flexibility index (Phi) is 6.09. The number of anilines is 1. The van der Waals surface area contributed by atoms with Crippen molar-refractivity contribution in [1.82, 2.24) is 9.97 Å². The second kappa shape index (κ2) is 9.92. The molecular formula is C34H36N4S. The predicted molar refractivity (Wildman–Crippen MR) is 165 cm³/mol. The molecule has 2 aromatic carbocycles. The molecule has 3 heterocycles. The third-order valence-electron chi connectivity index (χ3n) is 9.79. The Morgan fingerprint density at radius 3 is 2.46 bits per heavy atom. The molecule has 3 aromatic rings. The number of aromatic nitrogens is 2. The fourth-order valence-corrected chi connectivity index (χ4v) is 8.50. The molecular weight excluding hydrogens is 496 g/mol. The Labute approximate surface area is 235 Å². The number of rotatable bonds is 4. The van der Waals surface area contributed by atoms with Crippen LogP contribution in [-0.2, 0) is 6.42 Å². The molecule has 0 N–H and O–H groups in total. The van der Waals surface area contributed by atoms with Gasteiger partial charge in [-0.15, -0.1) is 11.8 Å². The Bertz CT molecular complexity index is 1520. The van der Waals surface area contributed by atoms with Crippen LogP contribution in [0.2, 0.25) is 0 Å². The summed E-state index contributed by atoms with van der Waals surface area (Å²) in [4.78, 5) is 17.0. The Morgan fingerprint density at radius 2 is 1.69 bits per heavy atom. The van der Waals surface area contributed by atoms with Gasteiger partial charge in [-0.25, -0.2) is 9.97 Å². The maximum atomic E-state index is 4.99. The van der Waals surface area contributed by atoms with Gasteiger partial charge in [0.05, 0.1) is 5.04 Å². The Balaban J connectivity index is 1.26. The summed E-state index contributed by atoms with van der Waals surface area (Å²) in [5.41, 5.74) is 9.89. The Hall–Kier alpha value is -2.92. The largest absolute Gasteiger partial charge is 0.341 e. The molecule has 2 aliphatic heterocycles. The minimum atomic E-state index is 0.717. The van der Waals surface area contributed by atoms with Gasteiger partial charge >= 0.3 is 0 Å². The number of nitrogens with zero attached hydrogens (tertiary/aromatic N) is 4. The van der Waals surface area contributed by atoms with E-state index in [2.05, 4.69) is 41.3 Å². The molecule has 1 aromatic heterocycles. The van der Waals surface area contributed by atoms with Crippen LogP contribution in [0.4, 0.5) is 5.95 Å². The number of benzene rings is 2. The maximum absolute atomic E-state index is 4.99. The van der Waals surface area contributed by atoms with Crippen molar-refractivity contribution in [2.24, 2.45) is 16.8 Å². The molecule has 1 unspecified atom stereocenters. The highest BCUT2D eigenvalue weighted by molar-refractivity contribution is 8.14. The smallest absolute Gasteiger partial charge is 0.225 e. The predicted octanol–water partition coefficient (Wildman–Crippen LogP) is 7.86. The number of hydrogen-bond acceptors (Lipinski definition) is 5.